The van der Waals surface area contributed by atoms with Gasteiger partial charge in [-0.15, -0.1) is 24.0 Å². The Bertz CT molecular complexity index is 789. The molecule has 3 rings (SSSR count). The number of methoxy groups -OCH3 is 1. The fourth-order valence-electron chi connectivity index (χ4n) is 3.28. The SMILES string of the molecule is CN=C(NCCc1ccc(C)c(OC)c1)NC1CCc2nc(C)nn2C1.I. The maximum absolute atomic E-state index is 5.40. The van der Waals surface area contributed by atoms with Gasteiger partial charge < -0.3 is 15.4 Å². The van der Waals surface area contributed by atoms with Gasteiger partial charge in [0, 0.05) is 26.1 Å². The summed E-state index contributed by atoms with van der Waals surface area (Å²) in [6.07, 6.45) is 2.89. The number of aryl methyl sites for hydroxylation is 3. The fourth-order valence-corrected chi connectivity index (χ4v) is 3.28. The molecule has 1 aliphatic heterocycles. The van der Waals surface area contributed by atoms with Crippen molar-refractivity contribution < 1.29 is 4.74 Å². The van der Waals surface area contributed by atoms with Gasteiger partial charge in [-0.05, 0) is 43.9 Å². The van der Waals surface area contributed by atoms with E-state index < -0.39 is 0 Å². The molecule has 2 heterocycles. The Balaban J connectivity index is 0.00000261. The monoisotopic (exact) mass is 484 g/mol. The number of halogens is 1. The van der Waals surface area contributed by atoms with Crippen LogP contribution >= 0.6 is 24.0 Å². The summed E-state index contributed by atoms with van der Waals surface area (Å²) in [4.78, 5) is 8.80. The lowest BCUT2D eigenvalue weighted by Gasteiger charge is -2.25. The van der Waals surface area contributed by atoms with Gasteiger partial charge in [-0.2, -0.15) is 5.10 Å². The minimum atomic E-state index is 0. The van der Waals surface area contributed by atoms with Crippen LogP contribution in [0.25, 0.3) is 0 Å². The zero-order chi connectivity index (χ0) is 18.5. The number of hydrogen-bond donors (Lipinski definition) is 2. The van der Waals surface area contributed by atoms with Gasteiger partial charge in [0.2, 0.25) is 0 Å². The summed E-state index contributed by atoms with van der Waals surface area (Å²) >= 11 is 0. The number of guanidine groups is 1. The first-order valence-corrected chi connectivity index (χ1v) is 9.10. The average molecular weight is 484 g/mol. The highest BCUT2D eigenvalue weighted by Gasteiger charge is 2.21. The zero-order valence-corrected chi connectivity index (χ0v) is 18.8. The van der Waals surface area contributed by atoms with Crippen LogP contribution in [0.5, 0.6) is 5.75 Å². The number of ether oxygens (including phenoxy) is 1. The molecule has 0 radical (unpaired) electrons. The lowest BCUT2D eigenvalue weighted by molar-refractivity contribution is 0.392. The van der Waals surface area contributed by atoms with Gasteiger partial charge in [0.25, 0.3) is 0 Å². The van der Waals surface area contributed by atoms with E-state index in [2.05, 4.69) is 50.8 Å². The number of rotatable bonds is 5. The summed E-state index contributed by atoms with van der Waals surface area (Å²) in [6.45, 7) is 5.63. The first-order chi connectivity index (χ1) is 12.6. The molecule has 27 heavy (non-hydrogen) atoms. The Morgan fingerprint density at radius 2 is 2.19 bits per heavy atom. The Hall–Kier alpha value is -1.84. The van der Waals surface area contributed by atoms with Crippen LogP contribution < -0.4 is 15.4 Å². The van der Waals surface area contributed by atoms with E-state index in [1.165, 1.54) is 5.56 Å². The molecule has 0 spiro atoms. The van der Waals surface area contributed by atoms with Crippen molar-refractivity contribution in [2.45, 2.75) is 45.7 Å². The number of nitrogens with one attached hydrogen (secondary N) is 2. The molecule has 1 atom stereocenters. The molecule has 7 nitrogen and oxygen atoms in total. The Morgan fingerprint density at radius 1 is 1.37 bits per heavy atom. The third-order valence-corrected chi connectivity index (χ3v) is 4.71. The van der Waals surface area contributed by atoms with Crippen LogP contribution in [-0.2, 0) is 19.4 Å². The molecular formula is C19H29IN6O. The van der Waals surface area contributed by atoms with Crippen molar-refractivity contribution in [3.8, 4) is 5.75 Å². The summed E-state index contributed by atoms with van der Waals surface area (Å²) in [5.74, 6) is 3.69. The molecular weight excluding hydrogens is 455 g/mol. The molecule has 2 N–H and O–H groups in total. The maximum Gasteiger partial charge on any atom is 0.191 e. The quantitative estimate of drug-likeness (QED) is 0.387. The smallest absolute Gasteiger partial charge is 0.191 e. The highest BCUT2D eigenvalue weighted by Crippen LogP contribution is 2.19. The topological polar surface area (TPSA) is 76.4 Å². The minimum Gasteiger partial charge on any atom is -0.496 e. The van der Waals surface area contributed by atoms with Gasteiger partial charge in [-0.1, -0.05) is 12.1 Å². The fraction of sp³-hybridized carbons (Fsp3) is 0.526. The predicted molar refractivity (Wildman–Crippen MR) is 118 cm³/mol. The van der Waals surface area contributed by atoms with Gasteiger partial charge >= 0.3 is 0 Å². The molecule has 1 unspecified atom stereocenters. The van der Waals surface area contributed by atoms with Crippen molar-refractivity contribution >= 4 is 29.9 Å². The molecule has 2 aromatic rings. The summed E-state index contributed by atoms with van der Waals surface area (Å²) in [7, 11) is 3.51. The average Bonchev–Trinajstić information content (AvgIpc) is 3.01. The number of aliphatic imine (C=N–C) groups is 1. The van der Waals surface area contributed by atoms with E-state index in [-0.39, 0.29) is 24.0 Å². The van der Waals surface area contributed by atoms with Crippen molar-refractivity contribution in [1.82, 2.24) is 25.4 Å². The van der Waals surface area contributed by atoms with Crippen LogP contribution in [0, 0.1) is 13.8 Å². The van der Waals surface area contributed by atoms with Crippen LogP contribution in [0.1, 0.15) is 29.2 Å². The van der Waals surface area contributed by atoms with E-state index >= 15 is 0 Å². The van der Waals surface area contributed by atoms with E-state index in [4.69, 9.17) is 4.74 Å². The van der Waals surface area contributed by atoms with Gasteiger partial charge in [-0.3, -0.25) is 4.99 Å². The van der Waals surface area contributed by atoms with Crippen LogP contribution in [0.4, 0.5) is 0 Å². The van der Waals surface area contributed by atoms with Crippen molar-refractivity contribution in [2.75, 3.05) is 20.7 Å². The summed E-state index contributed by atoms with van der Waals surface area (Å²) in [6, 6.07) is 6.66. The molecule has 8 heteroatoms. The second kappa shape index (κ2) is 9.91. The summed E-state index contributed by atoms with van der Waals surface area (Å²) in [5, 5.41) is 11.4. The second-order valence-electron chi connectivity index (χ2n) is 6.69. The van der Waals surface area contributed by atoms with Crippen molar-refractivity contribution in [3.05, 3.63) is 41.0 Å². The lowest BCUT2D eigenvalue weighted by Crippen LogP contribution is -2.47. The van der Waals surface area contributed by atoms with Gasteiger partial charge in [-0.25, -0.2) is 9.67 Å². The van der Waals surface area contributed by atoms with Crippen LogP contribution in [0.15, 0.2) is 23.2 Å². The molecule has 0 bridgehead atoms. The third kappa shape index (κ3) is 5.57. The van der Waals surface area contributed by atoms with Crippen molar-refractivity contribution in [1.29, 1.82) is 0 Å². The second-order valence-corrected chi connectivity index (χ2v) is 6.69. The Labute approximate surface area is 178 Å². The summed E-state index contributed by atoms with van der Waals surface area (Å²) in [5.41, 5.74) is 2.40. The van der Waals surface area contributed by atoms with Crippen LogP contribution in [0.3, 0.4) is 0 Å². The lowest BCUT2D eigenvalue weighted by atomic mass is 10.1. The van der Waals surface area contributed by atoms with E-state index in [0.717, 1.165) is 61.3 Å². The molecule has 1 aromatic carbocycles. The Morgan fingerprint density at radius 3 is 2.93 bits per heavy atom. The largest absolute Gasteiger partial charge is 0.496 e. The summed E-state index contributed by atoms with van der Waals surface area (Å²) < 4.78 is 7.40. The van der Waals surface area contributed by atoms with E-state index in [1.54, 1.807) is 14.2 Å². The minimum absolute atomic E-state index is 0. The molecule has 0 aliphatic carbocycles. The predicted octanol–water partition coefficient (Wildman–Crippen LogP) is 2.24. The highest BCUT2D eigenvalue weighted by molar-refractivity contribution is 14.0. The van der Waals surface area contributed by atoms with Gasteiger partial charge in [0.05, 0.1) is 13.7 Å². The number of fused-ring (bicyclic) bond motifs is 1. The molecule has 0 saturated carbocycles. The van der Waals surface area contributed by atoms with Crippen molar-refractivity contribution in [3.63, 3.8) is 0 Å². The van der Waals surface area contributed by atoms with Crippen LogP contribution in [-0.4, -0.2) is 47.5 Å². The van der Waals surface area contributed by atoms with Crippen LogP contribution in [0.2, 0.25) is 0 Å². The molecule has 148 valence electrons. The number of aromatic nitrogens is 3. The van der Waals surface area contributed by atoms with Gasteiger partial charge in [0.1, 0.15) is 17.4 Å². The maximum atomic E-state index is 5.40. The zero-order valence-electron chi connectivity index (χ0n) is 16.5. The number of hydrogen-bond acceptors (Lipinski definition) is 4. The van der Waals surface area contributed by atoms with Crippen molar-refractivity contribution in [2.24, 2.45) is 4.99 Å². The number of nitrogens with zero attached hydrogens (tertiary/aromatic N) is 4. The highest BCUT2D eigenvalue weighted by atomic mass is 127. The molecule has 0 amide bonds. The van der Waals surface area contributed by atoms with E-state index in [1.807, 2.05) is 11.6 Å². The number of benzene rings is 1. The molecule has 1 aliphatic rings. The molecule has 0 fully saturated rings. The molecule has 1 aromatic heterocycles. The first kappa shape index (κ1) is 21.5. The third-order valence-electron chi connectivity index (χ3n) is 4.71. The Kier molecular flexibility index (Phi) is 7.88. The van der Waals surface area contributed by atoms with E-state index in [0.29, 0.717) is 6.04 Å². The van der Waals surface area contributed by atoms with Gasteiger partial charge in [0.15, 0.2) is 5.96 Å². The first-order valence-electron chi connectivity index (χ1n) is 9.10. The van der Waals surface area contributed by atoms with E-state index in [9.17, 15) is 0 Å². The normalized spacial score (nSPS) is 16.3. The standard InChI is InChI=1S/C19H28N6O.HI/c1-13-5-6-15(11-17(13)26-4)9-10-21-19(20-3)23-16-7-8-18-22-14(2)24-25(18)12-16;/h5-6,11,16H,7-10,12H2,1-4H3,(H2,20,21,23);1H. The molecule has 0 saturated heterocycles.